The zero-order valence-corrected chi connectivity index (χ0v) is 22.0. The second kappa shape index (κ2) is 13.1. The van der Waals surface area contributed by atoms with E-state index in [4.69, 9.17) is 5.73 Å². The van der Waals surface area contributed by atoms with E-state index in [1.54, 1.807) is 38.1 Å². The maximum atomic E-state index is 13.5. The smallest absolute Gasteiger partial charge is 0.326 e. The first-order chi connectivity index (χ1) is 18.5. The minimum atomic E-state index is -1.11. The number of benzene rings is 2. The molecule has 3 amide bonds. The number of aromatic hydroxyl groups is 2. The summed E-state index contributed by atoms with van der Waals surface area (Å²) in [5.41, 5.74) is 7.47. The molecule has 0 bridgehead atoms. The molecule has 2 aromatic carbocycles. The summed E-state index contributed by atoms with van der Waals surface area (Å²) in [6.45, 7) is 3.75. The van der Waals surface area contributed by atoms with E-state index >= 15 is 0 Å². The molecule has 0 radical (unpaired) electrons. The maximum Gasteiger partial charge on any atom is 0.326 e. The Morgan fingerprint density at radius 2 is 1.44 bits per heavy atom. The number of nitrogens with two attached hydrogens (primary N) is 1. The summed E-state index contributed by atoms with van der Waals surface area (Å²) in [4.78, 5) is 52.7. The molecule has 0 saturated carbocycles. The average molecular weight is 541 g/mol. The largest absolute Gasteiger partial charge is 0.508 e. The van der Waals surface area contributed by atoms with E-state index in [1.165, 1.54) is 29.2 Å². The van der Waals surface area contributed by atoms with Crippen LogP contribution in [0.3, 0.4) is 0 Å². The highest BCUT2D eigenvalue weighted by Crippen LogP contribution is 2.21. The number of rotatable bonds is 11. The quantitative estimate of drug-likeness (QED) is 0.243. The first kappa shape index (κ1) is 29.4. The highest BCUT2D eigenvalue weighted by atomic mass is 16.4. The van der Waals surface area contributed by atoms with Gasteiger partial charge in [-0.2, -0.15) is 0 Å². The first-order valence-electron chi connectivity index (χ1n) is 12.9. The van der Waals surface area contributed by atoms with Gasteiger partial charge < -0.3 is 36.6 Å². The number of amides is 3. The summed E-state index contributed by atoms with van der Waals surface area (Å²) >= 11 is 0. The third-order valence-corrected chi connectivity index (χ3v) is 6.79. The molecule has 1 heterocycles. The van der Waals surface area contributed by atoms with Gasteiger partial charge in [-0.3, -0.25) is 14.4 Å². The van der Waals surface area contributed by atoms with Gasteiger partial charge in [-0.15, -0.1) is 0 Å². The molecule has 0 spiro atoms. The molecule has 11 nitrogen and oxygen atoms in total. The molecule has 39 heavy (non-hydrogen) atoms. The molecule has 3 rings (SSSR count). The Morgan fingerprint density at radius 3 is 1.95 bits per heavy atom. The summed E-state index contributed by atoms with van der Waals surface area (Å²) in [6, 6.07) is 8.40. The van der Waals surface area contributed by atoms with Crippen LogP contribution in [0.4, 0.5) is 0 Å². The standard InChI is InChI=1S/C28H36N4O7/c1-16(2)24(31-25(35)21(29)14-17-5-9-19(33)10-6-17)26(36)30-22(15-18-7-11-20(34)12-8-18)27(37)32-13-3-4-23(32)28(38)39/h5-12,16,21-24,33-34H,3-4,13-15,29H2,1-2H3,(H,30,36)(H,31,35)(H,38,39). The van der Waals surface area contributed by atoms with Gasteiger partial charge in [0.2, 0.25) is 17.7 Å². The molecule has 1 aliphatic rings. The van der Waals surface area contributed by atoms with E-state index in [2.05, 4.69) is 10.6 Å². The number of carboxylic acids is 1. The second-order valence-electron chi connectivity index (χ2n) is 10.2. The van der Waals surface area contributed by atoms with Crippen LogP contribution in [-0.2, 0) is 32.0 Å². The number of phenols is 2. The molecule has 7 N–H and O–H groups in total. The van der Waals surface area contributed by atoms with Crippen LogP contribution in [0.15, 0.2) is 48.5 Å². The predicted octanol–water partition coefficient (Wildman–Crippen LogP) is 0.912. The Morgan fingerprint density at radius 1 is 0.897 bits per heavy atom. The number of hydrogen-bond acceptors (Lipinski definition) is 7. The van der Waals surface area contributed by atoms with Crippen molar-refractivity contribution in [2.45, 2.75) is 63.7 Å². The Labute approximate surface area is 227 Å². The lowest BCUT2D eigenvalue weighted by Gasteiger charge is -2.30. The van der Waals surface area contributed by atoms with Gasteiger partial charge >= 0.3 is 5.97 Å². The molecule has 4 atom stereocenters. The lowest BCUT2D eigenvalue weighted by Crippen LogP contribution is -2.59. The molecule has 1 aliphatic heterocycles. The van der Waals surface area contributed by atoms with Crippen LogP contribution in [0.1, 0.15) is 37.8 Å². The first-order valence-corrected chi connectivity index (χ1v) is 12.9. The fourth-order valence-corrected chi connectivity index (χ4v) is 4.59. The van der Waals surface area contributed by atoms with E-state index in [0.717, 1.165) is 5.56 Å². The number of carboxylic acid groups (broad SMARTS) is 1. The summed E-state index contributed by atoms with van der Waals surface area (Å²) in [6.07, 6.45) is 1.11. The number of aliphatic carboxylic acids is 1. The number of nitrogens with one attached hydrogen (secondary N) is 2. The lowest BCUT2D eigenvalue weighted by molar-refractivity contribution is -0.149. The van der Waals surface area contributed by atoms with Gasteiger partial charge in [-0.05, 0) is 60.6 Å². The number of phenolic OH excluding ortho intramolecular Hbond substituents is 2. The molecule has 1 fully saturated rings. The topological polar surface area (TPSA) is 182 Å². The lowest BCUT2D eigenvalue weighted by atomic mass is 9.99. The number of nitrogens with zero attached hydrogens (tertiary/aromatic N) is 1. The van der Waals surface area contributed by atoms with Gasteiger partial charge in [-0.25, -0.2) is 4.79 Å². The number of carbonyl (C=O) groups excluding carboxylic acids is 3. The molecule has 4 unspecified atom stereocenters. The third kappa shape index (κ3) is 7.93. The van der Waals surface area contributed by atoms with Crippen LogP contribution >= 0.6 is 0 Å². The molecule has 2 aromatic rings. The van der Waals surface area contributed by atoms with Crippen LogP contribution < -0.4 is 16.4 Å². The molecular weight excluding hydrogens is 504 g/mol. The second-order valence-corrected chi connectivity index (χ2v) is 10.2. The Balaban J connectivity index is 1.75. The maximum absolute atomic E-state index is 13.5. The van der Waals surface area contributed by atoms with Crippen molar-refractivity contribution in [3.8, 4) is 11.5 Å². The highest BCUT2D eigenvalue weighted by Gasteiger charge is 2.38. The minimum Gasteiger partial charge on any atom is -0.508 e. The summed E-state index contributed by atoms with van der Waals surface area (Å²) < 4.78 is 0. The van der Waals surface area contributed by atoms with Crippen molar-refractivity contribution in [1.29, 1.82) is 0 Å². The van der Waals surface area contributed by atoms with Crippen molar-refractivity contribution in [1.82, 2.24) is 15.5 Å². The third-order valence-electron chi connectivity index (χ3n) is 6.79. The van der Waals surface area contributed by atoms with E-state index in [-0.39, 0.29) is 36.8 Å². The van der Waals surface area contributed by atoms with Crippen molar-refractivity contribution in [2.75, 3.05) is 6.54 Å². The van der Waals surface area contributed by atoms with Gasteiger partial charge in [0, 0.05) is 13.0 Å². The normalized spacial score (nSPS) is 17.3. The summed E-state index contributed by atoms with van der Waals surface area (Å²) in [5, 5.41) is 34.0. The highest BCUT2D eigenvalue weighted by molar-refractivity contribution is 5.94. The molecule has 11 heteroatoms. The van der Waals surface area contributed by atoms with Crippen LogP contribution in [0, 0.1) is 5.92 Å². The summed E-state index contributed by atoms with van der Waals surface area (Å²) in [7, 11) is 0. The van der Waals surface area contributed by atoms with E-state index in [9.17, 15) is 34.5 Å². The summed E-state index contributed by atoms with van der Waals surface area (Å²) in [5.74, 6) is -3.00. The van der Waals surface area contributed by atoms with Crippen molar-refractivity contribution >= 4 is 23.7 Å². The number of likely N-dealkylation sites (tertiary alicyclic amines) is 1. The van der Waals surface area contributed by atoms with Crippen molar-refractivity contribution in [3.63, 3.8) is 0 Å². The Hall–Kier alpha value is -4.12. The van der Waals surface area contributed by atoms with Crippen LogP contribution in [0.25, 0.3) is 0 Å². The SMILES string of the molecule is CC(C)C(NC(=O)C(N)Cc1ccc(O)cc1)C(=O)NC(Cc1ccc(O)cc1)C(=O)N1CCCC1C(=O)O. The Bertz CT molecular complexity index is 1170. The zero-order valence-electron chi connectivity index (χ0n) is 22.0. The molecule has 0 aromatic heterocycles. The fraction of sp³-hybridized carbons (Fsp3) is 0.429. The molecule has 210 valence electrons. The number of hydrogen-bond donors (Lipinski definition) is 6. The molecule has 0 aliphatic carbocycles. The average Bonchev–Trinajstić information content (AvgIpc) is 3.39. The van der Waals surface area contributed by atoms with Gasteiger partial charge in [0.05, 0.1) is 6.04 Å². The van der Waals surface area contributed by atoms with Gasteiger partial charge in [0.25, 0.3) is 0 Å². The molecule has 1 saturated heterocycles. The van der Waals surface area contributed by atoms with E-state index < -0.39 is 47.9 Å². The molecular formula is C28H36N4O7. The van der Waals surface area contributed by atoms with E-state index in [0.29, 0.717) is 18.4 Å². The predicted molar refractivity (Wildman–Crippen MR) is 143 cm³/mol. The fourth-order valence-electron chi connectivity index (χ4n) is 4.59. The van der Waals surface area contributed by atoms with Gasteiger partial charge in [0.15, 0.2) is 0 Å². The number of carbonyl (C=O) groups is 4. The Kier molecular flexibility index (Phi) is 9.89. The van der Waals surface area contributed by atoms with Gasteiger partial charge in [0.1, 0.15) is 29.6 Å². The van der Waals surface area contributed by atoms with Crippen LogP contribution in [-0.4, -0.2) is 74.6 Å². The van der Waals surface area contributed by atoms with Crippen molar-refractivity contribution in [2.24, 2.45) is 11.7 Å². The van der Waals surface area contributed by atoms with Gasteiger partial charge in [-0.1, -0.05) is 38.1 Å². The monoisotopic (exact) mass is 540 g/mol. The minimum absolute atomic E-state index is 0.0439. The van der Waals surface area contributed by atoms with Crippen molar-refractivity contribution in [3.05, 3.63) is 59.7 Å². The van der Waals surface area contributed by atoms with E-state index in [1.807, 2.05) is 0 Å². The van der Waals surface area contributed by atoms with Crippen LogP contribution in [0.2, 0.25) is 0 Å². The van der Waals surface area contributed by atoms with Crippen LogP contribution in [0.5, 0.6) is 11.5 Å². The zero-order chi connectivity index (χ0) is 28.7. The van der Waals surface area contributed by atoms with Crippen molar-refractivity contribution < 1.29 is 34.5 Å².